The number of rotatable bonds is 2. The summed E-state index contributed by atoms with van der Waals surface area (Å²) in [6.07, 6.45) is 15.2. The average Bonchev–Trinajstić information content (AvgIpc) is 2.61. The molecule has 0 aromatic carbocycles. The molecule has 0 atom stereocenters. The van der Waals surface area contributed by atoms with E-state index in [1.165, 1.54) is 15.4 Å². The van der Waals surface area contributed by atoms with Crippen LogP contribution in [0.15, 0.2) is 58.4 Å². The zero-order chi connectivity index (χ0) is 11.2. The third kappa shape index (κ3) is 2.81. The van der Waals surface area contributed by atoms with Crippen LogP contribution in [-0.2, 0) is 0 Å². The van der Waals surface area contributed by atoms with Crippen molar-refractivity contribution in [3.05, 3.63) is 58.4 Å². The van der Waals surface area contributed by atoms with Crippen LogP contribution in [0.3, 0.4) is 0 Å². The molecule has 2 rings (SSSR count). The van der Waals surface area contributed by atoms with E-state index in [-0.39, 0.29) is 0 Å². The normalized spacial score (nSPS) is 23.6. The summed E-state index contributed by atoms with van der Waals surface area (Å²) < 4.78 is 0. The molecule has 80 valence electrons. The first-order chi connectivity index (χ1) is 7.90. The van der Waals surface area contributed by atoms with Crippen LogP contribution >= 0.6 is 11.8 Å². The minimum Gasteiger partial charge on any atom is -0.0991 e. The van der Waals surface area contributed by atoms with Crippen LogP contribution in [0.5, 0.6) is 0 Å². The molecule has 1 aliphatic heterocycles. The molecule has 0 unspecified atom stereocenters. The van der Waals surface area contributed by atoms with Gasteiger partial charge in [0.15, 0.2) is 0 Å². The summed E-state index contributed by atoms with van der Waals surface area (Å²) in [5.41, 5.74) is 1.44. The van der Waals surface area contributed by atoms with Crippen LogP contribution < -0.4 is 0 Å². The van der Waals surface area contributed by atoms with E-state index < -0.39 is 0 Å². The van der Waals surface area contributed by atoms with Crippen molar-refractivity contribution in [2.45, 2.75) is 19.3 Å². The van der Waals surface area contributed by atoms with E-state index in [0.717, 1.165) is 19.3 Å². The Morgan fingerprint density at radius 2 is 2.25 bits per heavy atom. The maximum Gasteiger partial charge on any atom is 0.0406 e. The van der Waals surface area contributed by atoms with Crippen LogP contribution in [-0.4, -0.2) is 0 Å². The Balaban J connectivity index is 2.11. The zero-order valence-electron chi connectivity index (χ0n) is 9.20. The highest BCUT2D eigenvalue weighted by Crippen LogP contribution is 2.43. The quantitative estimate of drug-likeness (QED) is 0.498. The summed E-state index contributed by atoms with van der Waals surface area (Å²) in [4.78, 5) is 2.82. The number of hydrogen-bond donors (Lipinski definition) is 0. The molecule has 1 aliphatic carbocycles. The van der Waals surface area contributed by atoms with Gasteiger partial charge in [0.2, 0.25) is 0 Å². The largest absolute Gasteiger partial charge is 0.0991 e. The third-order valence-electron chi connectivity index (χ3n) is 2.42. The average molecular weight is 226 g/mol. The fourth-order valence-corrected chi connectivity index (χ4v) is 2.76. The SMILES string of the molecule is C=C/C=C\C=C1/CC2=C(CC#CC/C=C\2)S1. The summed E-state index contributed by atoms with van der Waals surface area (Å²) >= 11 is 1.87. The second-order valence-electron chi connectivity index (χ2n) is 3.62. The van der Waals surface area contributed by atoms with Gasteiger partial charge in [0.25, 0.3) is 0 Å². The lowest BCUT2D eigenvalue weighted by Crippen LogP contribution is -1.79. The molecule has 0 amide bonds. The van der Waals surface area contributed by atoms with Gasteiger partial charge in [-0.1, -0.05) is 66.6 Å². The van der Waals surface area contributed by atoms with E-state index in [4.69, 9.17) is 0 Å². The van der Waals surface area contributed by atoms with Crippen molar-refractivity contribution in [3.63, 3.8) is 0 Å². The summed E-state index contributed by atoms with van der Waals surface area (Å²) in [6.45, 7) is 3.66. The van der Waals surface area contributed by atoms with Crippen molar-refractivity contribution in [2.24, 2.45) is 0 Å². The van der Waals surface area contributed by atoms with Crippen molar-refractivity contribution in [2.75, 3.05) is 0 Å². The van der Waals surface area contributed by atoms with Crippen LogP contribution in [0, 0.1) is 11.8 Å². The fraction of sp³-hybridized carbons (Fsp3) is 0.200. The molecule has 0 aromatic heterocycles. The lowest BCUT2D eigenvalue weighted by Gasteiger charge is -1.97. The van der Waals surface area contributed by atoms with Crippen LogP contribution in [0.1, 0.15) is 19.3 Å². The van der Waals surface area contributed by atoms with E-state index in [1.54, 1.807) is 6.08 Å². The molecular formula is C15H14S. The molecule has 0 nitrogen and oxygen atoms in total. The van der Waals surface area contributed by atoms with Gasteiger partial charge in [-0.2, -0.15) is 0 Å². The molecule has 0 aromatic rings. The van der Waals surface area contributed by atoms with Gasteiger partial charge >= 0.3 is 0 Å². The summed E-state index contributed by atoms with van der Waals surface area (Å²) in [7, 11) is 0. The van der Waals surface area contributed by atoms with Gasteiger partial charge in [-0.3, -0.25) is 0 Å². The first kappa shape index (κ1) is 11.1. The summed E-state index contributed by atoms with van der Waals surface area (Å²) in [6, 6.07) is 0. The van der Waals surface area contributed by atoms with Gasteiger partial charge in [-0.05, 0) is 10.5 Å². The molecule has 0 saturated heterocycles. The number of hydrogen-bond acceptors (Lipinski definition) is 1. The first-order valence-electron chi connectivity index (χ1n) is 5.40. The van der Waals surface area contributed by atoms with Crippen molar-refractivity contribution in [1.82, 2.24) is 0 Å². The zero-order valence-corrected chi connectivity index (χ0v) is 10.0. The molecule has 1 heteroatoms. The van der Waals surface area contributed by atoms with E-state index in [1.807, 2.05) is 23.9 Å². The Kier molecular flexibility index (Phi) is 3.91. The molecule has 0 spiro atoms. The first-order valence-corrected chi connectivity index (χ1v) is 6.22. The van der Waals surface area contributed by atoms with Crippen molar-refractivity contribution >= 4 is 11.8 Å². The Hall–Kier alpha value is -1.39. The molecule has 0 radical (unpaired) electrons. The molecular weight excluding hydrogens is 212 g/mol. The van der Waals surface area contributed by atoms with Gasteiger partial charge in [0, 0.05) is 24.2 Å². The molecule has 0 fully saturated rings. The second-order valence-corrected chi connectivity index (χ2v) is 4.84. The molecule has 2 aliphatic rings. The topological polar surface area (TPSA) is 0 Å². The highest BCUT2D eigenvalue weighted by molar-refractivity contribution is 8.07. The highest BCUT2D eigenvalue weighted by Gasteiger charge is 2.16. The van der Waals surface area contributed by atoms with Gasteiger partial charge in [0.1, 0.15) is 0 Å². The van der Waals surface area contributed by atoms with Gasteiger partial charge in [0.05, 0.1) is 0 Å². The van der Waals surface area contributed by atoms with E-state index in [9.17, 15) is 0 Å². The lowest BCUT2D eigenvalue weighted by molar-refractivity contribution is 1.22. The van der Waals surface area contributed by atoms with Crippen molar-refractivity contribution in [1.29, 1.82) is 0 Å². The smallest absolute Gasteiger partial charge is 0.0406 e. The maximum atomic E-state index is 3.66. The Bertz CT molecular complexity index is 461. The minimum absolute atomic E-state index is 0.886. The molecule has 0 N–H and O–H groups in total. The van der Waals surface area contributed by atoms with Crippen LogP contribution in [0.2, 0.25) is 0 Å². The fourth-order valence-electron chi connectivity index (χ4n) is 1.66. The Morgan fingerprint density at radius 3 is 3.12 bits per heavy atom. The van der Waals surface area contributed by atoms with Crippen LogP contribution in [0.4, 0.5) is 0 Å². The Labute approximate surface area is 102 Å². The summed E-state index contributed by atoms with van der Waals surface area (Å²) in [5, 5.41) is 0. The molecule has 1 heterocycles. The Morgan fingerprint density at radius 1 is 1.31 bits per heavy atom. The highest BCUT2D eigenvalue weighted by atomic mass is 32.2. The van der Waals surface area contributed by atoms with Crippen LogP contribution in [0.25, 0.3) is 0 Å². The molecule has 0 bridgehead atoms. The predicted molar refractivity (Wildman–Crippen MR) is 72.8 cm³/mol. The maximum absolute atomic E-state index is 3.66. The van der Waals surface area contributed by atoms with Crippen molar-refractivity contribution < 1.29 is 0 Å². The standard InChI is InChI=1S/C15H14S/c1-2-3-6-10-14-12-13-9-7-4-5-8-11-15(13)16-14/h2-3,6-7,9-10H,1,4,11-12H2/b6-3-,9-7-,14-10+. The number of thioether (sulfide) groups is 1. The predicted octanol–water partition coefficient (Wildman–Crippen LogP) is 4.36. The van der Waals surface area contributed by atoms with E-state index >= 15 is 0 Å². The molecule has 16 heavy (non-hydrogen) atoms. The van der Waals surface area contributed by atoms with Gasteiger partial charge < -0.3 is 0 Å². The lowest BCUT2D eigenvalue weighted by atomic mass is 10.1. The molecule has 0 saturated carbocycles. The van der Waals surface area contributed by atoms with Gasteiger partial charge in [-0.15, -0.1) is 0 Å². The third-order valence-corrected chi connectivity index (χ3v) is 3.61. The minimum atomic E-state index is 0.886. The summed E-state index contributed by atoms with van der Waals surface area (Å²) in [5.74, 6) is 6.34. The number of allylic oxidation sites excluding steroid dienone is 9. The van der Waals surface area contributed by atoms with E-state index in [0.29, 0.717) is 0 Å². The van der Waals surface area contributed by atoms with E-state index in [2.05, 4.69) is 36.6 Å². The van der Waals surface area contributed by atoms with Crippen molar-refractivity contribution in [3.8, 4) is 11.8 Å². The second kappa shape index (κ2) is 5.63. The monoisotopic (exact) mass is 226 g/mol. The van der Waals surface area contributed by atoms with Gasteiger partial charge in [-0.25, -0.2) is 0 Å².